The van der Waals surface area contributed by atoms with E-state index in [2.05, 4.69) is 34.1 Å². The molecule has 0 aromatic carbocycles. The fourth-order valence-electron chi connectivity index (χ4n) is 2.27. The van der Waals surface area contributed by atoms with Gasteiger partial charge in [-0.05, 0) is 12.8 Å². The number of hydrogen-bond donors (Lipinski definition) is 2. The number of nitrogens with two attached hydrogens (primary N) is 1. The molecule has 1 aromatic rings. The summed E-state index contributed by atoms with van der Waals surface area (Å²) >= 11 is 0. The second-order valence-corrected chi connectivity index (χ2v) is 5.19. The highest BCUT2D eigenvalue weighted by Crippen LogP contribution is 2.23. The molecule has 6 nitrogen and oxygen atoms in total. The molecular formula is C13H23N5O. The third-order valence-corrected chi connectivity index (χ3v) is 3.49. The summed E-state index contributed by atoms with van der Waals surface area (Å²) in [5, 5.41) is 0. The highest BCUT2D eigenvalue weighted by atomic mass is 16.5. The number of nitrogens with zero attached hydrogens (tertiary/aromatic N) is 3. The summed E-state index contributed by atoms with van der Waals surface area (Å²) in [4.78, 5) is 11.3. The lowest BCUT2D eigenvalue weighted by Gasteiger charge is -2.32. The Morgan fingerprint density at radius 2 is 2.05 bits per heavy atom. The summed E-state index contributed by atoms with van der Waals surface area (Å²) in [6.45, 7) is 6.07. The molecule has 0 saturated carbocycles. The second-order valence-electron chi connectivity index (χ2n) is 5.19. The van der Waals surface area contributed by atoms with Gasteiger partial charge >= 0.3 is 0 Å². The van der Waals surface area contributed by atoms with Crippen LogP contribution in [-0.4, -0.2) is 36.3 Å². The van der Waals surface area contributed by atoms with Crippen LogP contribution in [0.25, 0.3) is 0 Å². The lowest BCUT2D eigenvalue weighted by molar-refractivity contribution is 0.0818. The lowest BCUT2D eigenvalue weighted by Crippen LogP contribution is -2.37. The van der Waals surface area contributed by atoms with Crippen molar-refractivity contribution in [2.75, 3.05) is 30.5 Å². The van der Waals surface area contributed by atoms with Crippen LogP contribution < -0.4 is 16.2 Å². The van der Waals surface area contributed by atoms with Crippen molar-refractivity contribution in [3.05, 3.63) is 11.9 Å². The zero-order valence-corrected chi connectivity index (χ0v) is 11.9. The van der Waals surface area contributed by atoms with Crippen molar-refractivity contribution in [3.8, 4) is 0 Å². The van der Waals surface area contributed by atoms with Gasteiger partial charge in [0, 0.05) is 32.2 Å². The van der Waals surface area contributed by atoms with Gasteiger partial charge in [0.2, 0.25) is 0 Å². The molecule has 1 saturated heterocycles. The van der Waals surface area contributed by atoms with Gasteiger partial charge in [0.15, 0.2) is 0 Å². The first kappa shape index (κ1) is 14.0. The number of aromatic nitrogens is 2. The van der Waals surface area contributed by atoms with Crippen LogP contribution in [0.5, 0.6) is 0 Å². The third kappa shape index (κ3) is 3.33. The van der Waals surface area contributed by atoms with Gasteiger partial charge in [-0.3, -0.25) is 0 Å². The third-order valence-electron chi connectivity index (χ3n) is 3.49. The molecule has 0 radical (unpaired) electrons. The zero-order chi connectivity index (χ0) is 13.8. The maximum Gasteiger partial charge on any atom is 0.145 e. The van der Waals surface area contributed by atoms with Gasteiger partial charge in [-0.15, -0.1) is 0 Å². The number of rotatable bonds is 4. The molecule has 0 atom stereocenters. The first-order valence-electron chi connectivity index (χ1n) is 6.77. The average Bonchev–Trinajstić information content (AvgIpc) is 2.46. The fraction of sp³-hybridized carbons (Fsp3) is 0.692. The predicted octanol–water partition coefficient (Wildman–Crippen LogP) is 1.50. The Hall–Kier alpha value is -1.40. The van der Waals surface area contributed by atoms with Gasteiger partial charge in [-0.25, -0.2) is 15.8 Å². The van der Waals surface area contributed by atoms with Gasteiger partial charge in [-0.1, -0.05) is 13.8 Å². The minimum absolute atomic E-state index is 0.281. The van der Waals surface area contributed by atoms with E-state index in [0.29, 0.717) is 11.9 Å². The second kappa shape index (κ2) is 6.16. The van der Waals surface area contributed by atoms with Crippen molar-refractivity contribution in [2.45, 2.75) is 38.7 Å². The smallest absolute Gasteiger partial charge is 0.145 e. The summed E-state index contributed by atoms with van der Waals surface area (Å²) in [7, 11) is 1.78. The Morgan fingerprint density at radius 1 is 1.37 bits per heavy atom. The number of hydrazine groups is 1. The first-order chi connectivity index (χ1) is 9.13. The van der Waals surface area contributed by atoms with Crippen LogP contribution in [0.1, 0.15) is 38.4 Å². The maximum absolute atomic E-state index is 5.48. The predicted molar refractivity (Wildman–Crippen MR) is 76.2 cm³/mol. The van der Waals surface area contributed by atoms with Gasteiger partial charge in [0.1, 0.15) is 17.5 Å². The van der Waals surface area contributed by atoms with Crippen LogP contribution >= 0.6 is 0 Å². The molecule has 1 fully saturated rings. The van der Waals surface area contributed by atoms with Crippen molar-refractivity contribution >= 4 is 11.6 Å². The van der Waals surface area contributed by atoms with Crippen LogP contribution in [0.15, 0.2) is 6.07 Å². The molecule has 0 unspecified atom stereocenters. The molecule has 0 bridgehead atoms. The summed E-state index contributed by atoms with van der Waals surface area (Å²) in [6.07, 6.45) is 2.43. The summed E-state index contributed by atoms with van der Waals surface area (Å²) in [6, 6.07) is 1.90. The first-order valence-corrected chi connectivity index (χ1v) is 6.77. The molecule has 1 aliphatic heterocycles. The normalized spacial score (nSPS) is 17.0. The van der Waals surface area contributed by atoms with Gasteiger partial charge in [0.25, 0.3) is 0 Å². The Morgan fingerprint density at radius 3 is 2.58 bits per heavy atom. The number of piperidine rings is 1. The summed E-state index contributed by atoms with van der Waals surface area (Å²) in [5.41, 5.74) is 2.62. The van der Waals surface area contributed by atoms with E-state index in [9.17, 15) is 0 Å². The molecule has 1 aromatic heterocycles. The van der Waals surface area contributed by atoms with E-state index >= 15 is 0 Å². The Kier molecular flexibility index (Phi) is 4.55. The zero-order valence-electron chi connectivity index (χ0n) is 11.9. The van der Waals surface area contributed by atoms with Gasteiger partial charge in [0.05, 0.1) is 6.10 Å². The largest absolute Gasteiger partial charge is 0.381 e. The molecule has 1 aliphatic rings. The number of hydrogen-bond acceptors (Lipinski definition) is 6. The highest BCUT2D eigenvalue weighted by Gasteiger charge is 2.21. The van der Waals surface area contributed by atoms with Crippen molar-refractivity contribution in [1.82, 2.24) is 9.97 Å². The van der Waals surface area contributed by atoms with Crippen molar-refractivity contribution in [3.63, 3.8) is 0 Å². The fourth-order valence-corrected chi connectivity index (χ4v) is 2.27. The molecular weight excluding hydrogens is 242 g/mol. The molecule has 2 heterocycles. The molecule has 2 rings (SSSR count). The number of methoxy groups -OCH3 is 1. The Labute approximate surface area is 114 Å². The van der Waals surface area contributed by atoms with Gasteiger partial charge in [-0.2, -0.15) is 0 Å². The summed E-state index contributed by atoms with van der Waals surface area (Å²) < 4.78 is 5.39. The molecule has 0 aliphatic carbocycles. The van der Waals surface area contributed by atoms with Crippen molar-refractivity contribution in [1.29, 1.82) is 0 Å². The van der Waals surface area contributed by atoms with Gasteiger partial charge < -0.3 is 15.1 Å². The van der Waals surface area contributed by atoms with Crippen molar-refractivity contribution in [2.24, 2.45) is 5.84 Å². The number of nitrogen functional groups attached to an aromatic ring is 1. The van der Waals surface area contributed by atoms with Crippen LogP contribution in [0.2, 0.25) is 0 Å². The molecule has 3 N–H and O–H groups in total. The van der Waals surface area contributed by atoms with E-state index in [4.69, 9.17) is 10.6 Å². The average molecular weight is 265 g/mol. The van der Waals surface area contributed by atoms with Crippen LogP contribution in [0, 0.1) is 0 Å². The summed E-state index contributed by atoms with van der Waals surface area (Å²) in [5.74, 6) is 8.20. The molecule has 106 valence electrons. The SMILES string of the molecule is COC1CCN(c2cc(NN)nc(C(C)C)n2)CC1. The number of nitrogens with one attached hydrogen (secondary N) is 1. The lowest BCUT2D eigenvalue weighted by atomic mass is 10.1. The van der Waals surface area contributed by atoms with E-state index < -0.39 is 0 Å². The Bertz CT molecular complexity index is 415. The van der Waals surface area contributed by atoms with E-state index in [0.717, 1.165) is 37.6 Å². The molecule has 0 amide bonds. The quantitative estimate of drug-likeness (QED) is 0.634. The van der Waals surface area contributed by atoms with Crippen LogP contribution in [-0.2, 0) is 4.74 Å². The van der Waals surface area contributed by atoms with E-state index in [1.54, 1.807) is 7.11 Å². The van der Waals surface area contributed by atoms with E-state index in [1.807, 2.05) is 6.07 Å². The van der Waals surface area contributed by atoms with Crippen LogP contribution in [0.3, 0.4) is 0 Å². The molecule has 0 spiro atoms. The minimum atomic E-state index is 0.281. The maximum atomic E-state index is 5.48. The number of anilines is 2. The topological polar surface area (TPSA) is 76.3 Å². The van der Waals surface area contributed by atoms with E-state index in [1.165, 1.54) is 0 Å². The standard InChI is InChI=1S/C13H23N5O/c1-9(2)13-15-11(17-14)8-12(16-13)18-6-4-10(19-3)5-7-18/h8-10H,4-7,14H2,1-3H3,(H,15,16,17). The molecule has 19 heavy (non-hydrogen) atoms. The minimum Gasteiger partial charge on any atom is -0.381 e. The monoisotopic (exact) mass is 265 g/mol. The van der Waals surface area contributed by atoms with Crippen molar-refractivity contribution < 1.29 is 4.74 Å². The number of ether oxygens (including phenoxy) is 1. The van der Waals surface area contributed by atoms with E-state index in [-0.39, 0.29) is 5.92 Å². The van der Waals surface area contributed by atoms with Crippen LogP contribution in [0.4, 0.5) is 11.6 Å². The highest BCUT2D eigenvalue weighted by molar-refractivity contribution is 5.49. The Balaban J connectivity index is 2.17. The molecule has 6 heteroatoms.